The quantitative estimate of drug-likeness (QED) is 0.814. The number of benzene rings is 1. The lowest BCUT2D eigenvalue weighted by Gasteiger charge is -2.24. The molecule has 2 rings (SSSR count). The normalized spacial score (nSPS) is 13.6. The molecule has 9 heteroatoms. The number of alkyl halides is 3. The number of likely N-dealkylation sites (N-methyl/N-ethyl adjacent to an activating group) is 1. The Morgan fingerprint density at radius 2 is 1.92 bits per heavy atom. The summed E-state index contributed by atoms with van der Waals surface area (Å²) in [5.41, 5.74) is 1.00. The van der Waals surface area contributed by atoms with Crippen molar-refractivity contribution in [2.75, 3.05) is 7.05 Å². The third-order valence-corrected chi connectivity index (χ3v) is 3.60. The van der Waals surface area contributed by atoms with Crippen LogP contribution < -0.4 is 10.6 Å². The molecule has 5 nitrogen and oxygen atoms in total. The standard InChI is InChI=1S/C16H19F3N4O.ClH/c1-20-14(12-9-21-23(2)10-12)15(24)22-13(16(17,18)19)8-11-6-4-3-5-7-11;/h3-7,9-10,13-14,20H,8H2,1-2H3,(H,22,24);1H. The van der Waals surface area contributed by atoms with E-state index in [1.54, 1.807) is 43.6 Å². The molecule has 0 fully saturated rings. The molecule has 138 valence electrons. The zero-order valence-corrected chi connectivity index (χ0v) is 14.6. The average molecular weight is 377 g/mol. The Labute approximate surface area is 150 Å². The first-order valence-corrected chi connectivity index (χ1v) is 7.38. The van der Waals surface area contributed by atoms with Crippen LogP contribution in [-0.2, 0) is 18.3 Å². The second-order valence-corrected chi connectivity index (χ2v) is 5.46. The Morgan fingerprint density at radius 3 is 2.40 bits per heavy atom. The highest BCUT2D eigenvalue weighted by Gasteiger charge is 2.41. The van der Waals surface area contributed by atoms with Crippen LogP contribution in [0.5, 0.6) is 0 Å². The van der Waals surface area contributed by atoms with Crippen LogP contribution in [0, 0.1) is 0 Å². The molecule has 0 bridgehead atoms. The van der Waals surface area contributed by atoms with Gasteiger partial charge < -0.3 is 10.6 Å². The molecule has 2 aromatic rings. The van der Waals surface area contributed by atoms with Crippen molar-refractivity contribution in [3.05, 3.63) is 53.9 Å². The van der Waals surface area contributed by atoms with Gasteiger partial charge in [-0.1, -0.05) is 30.3 Å². The van der Waals surface area contributed by atoms with Gasteiger partial charge in [0.2, 0.25) is 5.91 Å². The molecule has 2 N–H and O–H groups in total. The topological polar surface area (TPSA) is 59.0 Å². The van der Waals surface area contributed by atoms with Gasteiger partial charge in [0.25, 0.3) is 0 Å². The van der Waals surface area contributed by atoms with Crippen LogP contribution in [0.25, 0.3) is 0 Å². The Bertz CT molecular complexity index is 676. The highest BCUT2D eigenvalue weighted by atomic mass is 35.5. The van der Waals surface area contributed by atoms with Crippen molar-refractivity contribution in [3.8, 4) is 0 Å². The first-order chi connectivity index (χ1) is 11.3. The third kappa shape index (κ3) is 5.75. The summed E-state index contributed by atoms with van der Waals surface area (Å²) in [6.45, 7) is 0. The highest BCUT2D eigenvalue weighted by Crippen LogP contribution is 2.24. The fourth-order valence-corrected chi connectivity index (χ4v) is 2.39. The van der Waals surface area contributed by atoms with Crippen molar-refractivity contribution in [3.63, 3.8) is 0 Å². The largest absolute Gasteiger partial charge is 0.408 e. The zero-order chi connectivity index (χ0) is 17.7. The minimum absolute atomic E-state index is 0. The van der Waals surface area contributed by atoms with E-state index in [9.17, 15) is 18.0 Å². The maximum Gasteiger partial charge on any atom is 0.408 e. The van der Waals surface area contributed by atoms with E-state index in [0.29, 0.717) is 11.1 Å². The molecule has 1 heterocycles. The Morgan fingerprint density at radius 1 is 1.28 bits per heavy atom. The van der Waals surface area contributed by atoms with Gasteiger partial charge in [0.05, 0.1) is 6.20 Å². The first kappa shape index (κ1) is 21.0. The fourth-order valence-electron chi connectivity index (χ4n) is 2.39. The number of nitrogens with one attached hydrogen (secondary N) is 2. The molecule has 0 spiro atoms. The number of aryl methyl sites for hydroxylation is 1. The summed E-state index contributed by atoms with van der Waals surface area (Å²) < 4.78 is 41.3. The highest BCUT2D eigenvalue weighted by molar-refractivity contribution is 5.85. The number of nitrogens with zero attached hydrogens (tertiary/aromatic N) is 2. The van der Waals surface area contributed by atoms with Crippen LogP contribution in [-0.4, -0.2) is 35.0 Å². The minimum Gasteiger partial charge on any atom is -0.342 e. The lowest BCUT2D eigenvalue weighted by Crippen LogP contribution is -2.50. The molecular formula is C16H20ClF3N4O. The van der Waals surface area contributed by atoms with E-state index in [-0.39, 0.29) is 18.8 Å². The number of carbonyl (C=O) groups is 1. The van der Waals surface area contributed by atoms with Gasteiger partial charge in [-0.05, 0) is 12.6 Å². The Hall–Kier alpha value is -2.06. The molecule has 2 atom stereocenters. The molecule has 2 unspecified atom stereocenters. The Balaban J connectivity index is 0.00000312. The lowest BCUT2D eigenvalue weighted by molar-refractivity contribution is -0.162. The smallest absolute Gasteiger partial charge is 0.342 e. The van der Waals surface area contributed by atoms with Gasteiger partial charge in [-0.15, -0.1) is 12.4 Å². The number of carbonyl (C=O) groups excluding carboxylic acids is 1. The molecule has 0 saturated carbocycles. The van der Waals surface area contributed by atoms with Gasteiger partial charge >= 0.3 is 6.18 Å². The molecule has 0 aliphatic heterocycles. The van der Waals surface area contributed by atoms with Crippen molar-refractivity contribution in [1.29, 1.82) is 0 Å². The number of hydrogen-bond acceptors (Lipinski definition) is 3. The predicted octanol–water partition coefficient (Wildman–Crippen LogP) is 2.39. The minimum atomic E-state index is -4.54. The van der Waals surface area contributed by atoms with Crippen LogP contribution >= 0.6 is 12.4 Å². The number of amides is 1. The van der Waals surface area contributed by atoms with E-state index < -0.39 is 24.2 Å². The summed E-state index contributed by atoms with van der Waals surface area (Å²) in [6, 6.07) is 5.39. The van der Waals surface area contributed by atoms with E-state index in [1.165, 1.54) is 17.9 Å². The maximum atomic E-state index is 13.3. The average Bonchev–Trinajstić information content (AvgIpc) is 2.94. The molecule has 0 radical (unpaired) electrons. The maximum absolute atomic E-state index is 13.3. The zero-order valence-electron chi connectivity index (χ0n) is 13.7. The van der Waals surface area contributed by atoms with Crippen molar-refractivity contribution < 1.29 is 18.0 Å². The molecule has 0 aliphatic carbocycles. The van der Waals surface area contributed by atoms with Gasteiger partial charge in [-0.25, -0.2) is 0 Å². The summed E-state index contributed by atoms with van der Waals surface area (Å²) >= 11 is 0. The number of halogens is 4. The van der Waals surface area contributed by atoms with Gasteiger partial charge in [0, 0.05) is 25.2 Å². The van der Waals surface area contributed by atoms with Gasteiger partial charge in [0.15, 0.2) is 0 Å². The van der Waals surface area contributed by atoms with Gasteiger partial charge in [0.1, 0.15) is 12.1 Å². The second kappa shape index (κ2) is 8.87. The predicted molar refractivity (Wildman–Crippen MR) is 90.4 cm³/mol. The van der Waals surface area contributed by atoms with Crippen LogP contribution in [0.3, 0.4) is 0 Å². The molecule has 0 aliphatic rings. The van der Waals surface area contributed by atoms with Crippen molar-refractivity contribution >= 4 is 18.3 Å². The van der Waals surface area contributed by atoms with Gasteiger partial charge in [-0.2, -0.15) is 18.3 Å². The number of hydrogen-bond donors (Lipinski definition) is 2. The lowest BCUT2D eigenvalue weighted by atomic mass is 10.0. The number of aromatic nitrogens is 2. The summed E-state index contributed by atoms with van der Waals surface area (Å²) in [7, 11) is 3.18. The summed E-state index contributed by atoms with van der Waals surface area (Å²) in [6.07, 6.45) is -1.83. The van der Waals surface area contributed by atoms with Gasteiger partial charge in [-0.3, -0.25) is 9.48 Å². The van der Waals surface area contributed by atoms with Crippen LogP contribution in [0.2, 0.25) is 0 Å². The second-order valence-electron chi connectivity index (χ2n) is 5.46. The summed E-state index contributed by atoms with van der Waals surface area (Å²) in [5, 5.41) is 8.76. The van der Waals surface area contributed by atoms with E-state index in [0.717, 1.165) is 0 Å². The molecular weight excluding hydrogens is 357 g/mol. The molecule has 1 aromatic carbocycles. The van der Waals surface area contributed by atoms with Crippen molar-refractivity contribution in [2.24, 2.45) is 7.05 Å². The van der Waals surface area contributed by atoms with E-state index in [4.69, 9.17) is 0 Å². The fraction of sp³-hybridized carbons (Fsp3) is 0.375. The first-order valence-electron chi connectivity index (χ1n) is 7.38. The molecule has 1 amide bonds. The monoisotopic (exact) mass is 376 g/mol. The third-order valence-electron chi connectivity index (χ3n) is 3.60. The van der Waals surface area contributed by atoms with E-state index in [2.05, 4.69) is 15.7 Å². The summed E-state index contributed by atoms with van der Waals surface area (Å²) in [5.74, 6) is -0.747. The van der Waals surface area contributed by atoms with Crippen LogP contribution in [0.1, 0.15) is 17.2 Å². The van der Waals surface area contributed by atoms with E-state index in [1.807, 2.05) is 0 Å². The summed E-state index contributed by atoms with van der Waals surface area (Å²) in [4.78, 5) is 12.3. The SMILES string of the molecule is CNC(C(=O)NC(Cc1ccccc1)C(F)(F)F)c1cnn(C)c1.Cl. The van der Waals surface area contributed by atoms with Crippen LogP contribution in [0.4, 0.5) is 13.2 Å². The Kier molecular flexibility index (Phi) is 7.44. The molecule has 25 heavy (non-hydrogen) atoms. The van der Waals surface area contributed by atoms with Crippen LogP contribution in [0.15, 0.2) is 42.7 Å². The van der Waals surface area contributed by atoms with Crippen molar-refractivity contribution in [1.82, 2.24) is 20.4 Å². The van der Waals surface area contributed by atoms with E-state index >= 15 is 0 Å². The molecule has 0 saturated heterocycles. The number of rotatable bonds is 6. The van der Waals surface area contributed by atoms with Crippen molar-refractivity contribution in [2.45, 2.75) is 24.7 Å². The molecule has 1 aromatic heterocycles.